The summed E-state index contributed by atoms with van der Waals surface area (Å²) in [5, 5.41) is 0. The quantitative estimate of drug-likeness (QED) is 0.274. The number of rotatable bonds is 10. The summed E-state index contributed by atoms with van der Waals surface area (Å²) < 4.78 is 15.8. The Labute approximate surface area is 149 Å². The molecule has 1 aliphatic carbocycles. The Morgan fingerprint density at radius 2 is 1.82 bits per heavy atom. The van der Waals surface area contributed by atoms with Crippen LogP contribution in [0.1, 0.15) is 44.1 Å². The average Bonchev–Trinajstić information content (AvgIpc) is 2.51. The van der Waals surface area contributed by atoms with Crippen molar-refractivity contribution in [2.45, 2.75) is 51.2 Å². The van der Waals surface area contributed by atoms with Gasteiger partial charge in [-0.3, -0.25) is 0 Å². The van der Waals surface area contributed by atoms with Crippen molar-refractivity contribution < 1.29 is 14.0 Å². The first kappa shape index (κ1) is 20.3. The van der Waals surface area contributed by atoms with Crippen LogP contribution in [0.15, 0.2) is 30.3 Å². The predicted octanol–water partition coefficient (Wildman–Crippen LogP) is 5.52. The van der Waals surface area contributed by atoms with Crippen LogP contribution >= 0.6 is 28.5 Å². The molecule has 0 spiro atoms. The summed E-state index contributed by atoms with van der Waals surface area (Å²) in [4.78, 5) is 0. The molecule has 1 aromatic carbocycles. The van der Waals surface area contributed by atoms with E-state index in [4.69, 9.17) is 14.0 Å². The molecular formula is C17H28IO3P. The highest BCUT2D eigenvalue weighted by molar-refractivity contribution is 14.2. The van der Waals surface area contributed by atoms with Crippen molar-refractivity contribution in [3.8, 4) is 0 Å². The van der Waals surface area contributed by atoms with Crippen molar-refractivity contribution >= 4 is 28.5 Å². The van der Waals surface area contributed by atoms with E-state index in [9.17, 15) is 0 Å². The molecular weight excluding hydrogens is 410 g/mol. The molecule has 0 aromatic heterocycles. The van der Waals surface area contributed by atoms with Gasteiger partial charge in [0.2, 0.25) is 0 Å². The van der Waals surface area contributed by atoms with Crippen molar-refractivity contribution in [2.75, 3.05) is 20.3 Å². The molecule has 0 aliphatic heterocycles. The molecule has 1 unspecified atom stereocenters. The van der Waals surface area contributed by atoms with Crippen LogP contribution < -0.4 is 0 Å². The Hall–Kier alpha value is 0.260. The van der Waals surface area contributed by atoms with Gasteiger partial charge in [-0.15, -0.1) is 0 Å². The van der Waals surface area contributed by atoms with Gasteiger partial charge in [0.15, 0.2) is 0 Å². The molecule has 0 bridgehead atoms. The Bertz CT molecular complexity index is 339. The number of benzene rings is 1. The standard InChI is InChI=1S/C11H14O.C6H14IO2P/c1-2-5-10(6-3-1)9-12-11-7-4-8-11;1-8-5-3-2-4-6-9-10-7/h1-3,5-6,11H,4,7-9H2;10H,2-6H2,1H3. The van der Waals surface area contributed by atoms with Gasteiger partial charge in [-0.2, -0.15) is 0 Å². The monoisotopic (exact) mass is 438 g/mol. The van der Waals surface area contributed by atoms with Gasteiger partial charge in [0.05, 0.1) is 25.8 Å². The molecule has 0 amide bonds. The molecule has 126 valence electrons. The van der Waals surface area contributed by atoms with Gasteiger partial charge >= 0.3 is 0 Å². The Kier molecular flexibility index (Phi) is 13.7. The van der Waals surface area contributed by atoms with Crippen molar-refractivity contribution in [1.82, 2.24) is 0 Å². The fourth-order valence-electron chi connectivity index (χ4n) is 1.96. The van der Waals surface area contributed by atoms with Crippen LogP contribution in [0.5, 0.6) is 0 Å². The van der Waals surface area contributed by atoms with E-state index in [0.717, 1.165) is 26.2 Å². The topological polar surface area (TPSA) is 27.7 Å². The average molecular weight is 438 g/mol. The smallest absolute Gasteiger partial charge is 0.0793 e. The molecule has 1 saturated carbocycles. The first-order valence-electron chi connectivity index (χ1n) is 7.98. The fraction of sp³-hybridized carbons (Fsp3) is 0.647. The largest absolute Gasteiger partial charge is 0.385 e. The summed E-state index contributed by atoms with van der Waals surface area (Å²) >= 11 is 2.24. The van der Waals surface area contributed by atoms with Crippen molar-refractivity contribution in [1.29, 1.82) is 0 Å². The summed E-state index contributed by atoms with van der Waals surface area (Å²) in [6.45, 7) is 3.18. The van der Waals surface area contributed by atoms with Gasteiger partial charge in [-0.1, -0.05) is 30.3 Å². The second-order valence-corrected chi connectivity index (χ2v) is 7.09. The zero-order valence-corrected chi connectivity index (χ0v) is 16.6. The summed E-state index contributed by atoms with van der Waals surface area (Å²) in [5.74, 6) is 0. The van der Waals surface area contributed by atoms with Crippen molar-refractivity contribution in [2.24, 2.45) is 0 Å². The van der Waals surface area contributed by atoms with Gasteiger partial charge in [-0.05, 0) is 66.1 Å². The van der Waals surface area contributed by atoms with Gasteiger partial charge in [0.25, 0.3) is 0 Å². The van der Waals surface area contributed by atoms with E-state index >= 15 is 0 Å². The summed E-state index contributed by atoms with van der Waals surface area (Å²) in [7, 11) is 1.74. The third kappa shape index (κ3) is 10.9. The number of halogens is 1. The van der Waals surface area contributed by atoms with Crippen LogP contribution in [0.25, 0.3) is 0 Å². The predicted molar refractivity (Wildman–Crippen MR) is 103 cm³/mol. The lowest BCUT2D eigenvalue weighted by Gasteiger charge is -2.25. The molecule has 2 rings (SSSR count). The van der Waals surface area contributed by atoms with Crippen LogP contribution in [-0.4, -0.2) is 26.4 Å². The van der Waals surface area contributed by atoms with Crippen LogP contribution in [-0.2, 0) is 20.6 Å². The van der Waals surface area contributed by atoms with E-state index in [0.29, 0.717) is 12.6 Å². The van der Waals surface area contributed by atoms with E-state index in [2.05, 4.69) is 46.3 Å². The van der Waals surface area contributed by atoms with E-state index in [1.807, 2.05) is 6.07 Å². The highest BCUT2D eigenvalue weighted by Crippen LogP contribution is 2.23. The van der Waals surface area contributed by atoms with Crippen LogP contribution in [0.4, 0.5) is 0 Å². The van der Waals surface area contributed by atoms with E-state index in [-0.39, 0.29) is 0 Å². The maximum absolute atomic E-state index is 5.66. The molecule has 1 aromatic rings. The van der Waals surface area contributed by atoms with E-state index in [1.54, 1.807) is 7.11 Å². The van der Waals surface area contributed by atoms with E-state index in [1.165, 1.54) is 37.7 Å². The highest BCUT2D eigenvalue weighted by Gasteiger charge is 2.17. The van der Waals surface area contributed by atoms with Crippen LogP contribution in [0.2, 0.25) is 0 Å². The Balaban J connectivity index is 0.000000225. The minimum Gasteiger partial charge on any atom is -0.385 e. The van der Waals surface area contributed by atoms with Gasteiger partial charge in [0, 0.05) is 13.7 Å². The highest BCUT2D eigenvalue weighted by atomic mass is 127. The molecule has 5 heteroatoms. The molecule has 0 radical (unpaired) electrons. The first-order chi connectivity index (χ1) is 10.9. The molecule has 3 nitrogen and oxygen atoms in total. The molecule has 0 saturated heterocycles. The van der Waals surface area contributed by atoms with Gasteiger partial charge in [-0.25, -0.2) is 0 Å². The lowest BCUT2D eigenvalue weighted by Crippen LogP contribution is -2.21. The van der Waals surface area contributed by atoms with Crippen LogP contribution in [0.3, 0.4) is 0 Å². The van der Waals surface area contributed by atoms with E-state index < -0.39 is 0 Å². The lowest BCUT2D eigenvalue weighted by molar-refractivity contribution is -0.00866. The van der Waals surface area contributed by atoms with Crippen molar-refractivity contribution in [3.05, 3.63) is 35.9 Å². The number of methoxy groups -OCH3 is 1. The Morgan fingerprint density at radius 1 is 1.09 bits per heavy atom. The summed E-state index contributed by atoms with van der Waals surface area (Å²) in [6.07, 6.45) is 7.95. The molecule has 1 atom stereocenters. The molecule has 22 heavy (non-hydrogen) atoms. The number of hydrogen-bond donors (Lipinski definition) is 0. The van der Waals surface area contributed by atoms with Gasteiger partial charge < -0.3 is 14.0 Å². The molecule has 1 fully saturated rings. The fourth-order valence-corrected chi connectivity index (χ4v) is 2.84. The maximum atomic E-state index is 5.66. The lowest BCUT2D eigenvalue weighted by atomic mass is 9.96. The second kappa shape index (κ2) is 14.8. The number of ether oxygens (including phenoxy) is 2. The normalized spacial score (nSPS) is 14.6. The maximum Gasteiger partial charge on any atom is 0.0793 e. The zero-order valence-electron chi connectivity index (χ0n) is 13.4. The second-order valence-electron chi connectivity index (χ2n) is 5.33. The third-order valence-corrected chi connectivity index (χ3v) is 4.78. The minimum absolute atomic E-state index is 0.546. The van der Waals surface area contributed by atoms with Crippen molar-refractivity contribution in [3.63, 3.8) is 0 Å². The van der Waals surface area contributed by atoms with Crippen LogP contribution in [0, 0.1) is 0 Å². The zero-order chi connectivity index (χ0) is 15.9. The Morgan fingerprint density at radius 3 is 2.41 bits per heavy atom. The SMILES string of the molecule is COCCCCCOPI.c1ccc(COC2CCC2)cc1. The summed E-state index contributed by atoms with van der Waals surface area (Å²) in [6, 6.07) is 10.4. The number of unbranched alkanes of at least 4 members (excludes halogenated alkanes) is 2. The molecule has 1 aliphatic rings. The molecule has 0 heterocycles. The molecule has 0 N–H and O–H groups in total. The minimum atomic E-state index is 0.546. The van der Waals surface area contributed by atoms with Gasteiger partial charge in [0.1, 0.15) is 0 Å². The summed E-state index contributed by atoms with van der Waals surface area (Å²) in [5.41, 5.74) is 1.28. The number of hydrogen-bond acceptors (Lipinski definition) is 3. The third-order valence-electron chi connectivity index (χ3n) is 3.53. The first-order valence-corrected chi connectivity index (χ1v) is 12.0.